The quantitative estimate of drug-likeness (QED) is 0.307. The summed E-state index contributed by atoms with van der Waals surface area (Å²) in [7, 11) is 0. The van der Waals surface area contributed by atoms with Gasteiger partial charge >= 0.3 is 0 Å². The highest BCUT2D eigenvalue weighted by Gasteiger charge is 2.18. The van der Waals surface area contributed by atoms with Gasteiger partial charge in [-0.05, 0) is 67.8 Å². The van der Waals surface area contributed by atoms with Crippen LogP contribution in [0, 0.1) is 0 Å². The van der Waals surface area contributed by atoms with E-state index in [0.29, 0.717) is 16.6 Å². The predicted molar refractivity (Wildman–Crippen MR) is 122 cm³/mol. The highest BCUT2D eigenvalue weighted by Crippen LogP contribution is 2.39. The second kappa shape index (κ2) is 8.91. The molecule has 1 heterocycles. The highest BCUT2D eigenvalue weighted by atomic mass is 35.5. The molecule has 0 radical (unpaired) electrons. The van der Waals surface area contributed by atoms with Crippen molar-refractivity contribution < 1.29 is 4.74 Å². The van der Waals surface area contributed by atoms with Gasteiger partial charge in [0.1, 0.15) is 11.5 Å². The van der Waals surface area contributed by atoms with E-state index < -0.39 is 0 Å². The molecule has 0 saturated carbocycles. The summed E-state index contributed by atoms with van der Waals surface area (Å²) in [4.78, 5) is 3.50. The number of para-hydroxylation sites is 1. The molecule has 3 N–H and O–H groups in total. The maximum Gasteiger partial charge on any atom is 0.128 e. The standard InChI is InChI=1S/C24H22Cl2N2O/c25-20-12-13-21(26)24-22(20)19(11-4-5-14-27)23(28-24)16-7-6-10-18(15-16)29-17-8-2-1-3-9-17/h1-3,6-10,12-13,15,28H,4-5,11,14,27H2. The fraction of sp³-hybridized carbons (Fsp3) is 0.167. The van der Waals surface area contributed by atoms with E-state index in [4.69, 9.17) is 33.7 Å². The Hall–Kier alpha value is -2.46. The Morgan fingerprint density at radius 2 is 1.59 bits per heavy atom. The molecule has 0 aliphatic rings. The molecule has 0 aliphatic carbocycles. The monoisotopic (exact) mass is 424 g/mol. The van der Waals surface area contributed by atoms with Crippen LogP contribution in [0.5, 0.6) is 11.5 Å². The fourth-order valence-electron chi connectivity index (χ4n) is 3.58. The van der Waals surface area contributed by atoms with Crippen LogP contribution >= 0.6 is 23.2 Å². The predicted octanol–water partition coefficient (Wildman–Crippen LogP) is 7.22. The number of aromatic nitrogens is 1. The zero-order valence-electron chi connectivity index (χ0n) is 15.9. The molecule has 0 amide bonds. The summed E-state index contributed by atoms with van der Waals surface area (Å²) in [6, 6.07) is 21.5. The largest absolute Gasteiger partial charge is 0.457 e. The first kappa shape index (κ1) is 19.8. The van der Waals surface area contributed by atoms with E-state index in [1.165, 1.54) is 0 Å². The summed E-state index contributed by atoms with van der Waals surface area (Å²) in [5.74, 6) is 1.58. The molecule has 0 spiro atoms. The average Bonchev–Trinajstić information content (AvgIpc) is 3.13. The van der Waals surface area contributed by atoms with Crippen LogP contribution in [0.25, 0.3) is 22.2 Å². The molecule has 0 unspecified atom stereocenters. The van der Waals surface area contributed by atoms with Gasteiger partial charge in [-0.1, -0.05) is 53.5 Å². The molecule has 3 aromatic carbocycles. The van der Waals surface area contributed by atoms with Gasteiger partial charge in [-0.15, -0.1) is 0 Å². The molecule has 1 aromatic heterocycles. The van der Waals surface area contributed by atoms with E-state index in [1.807, 2.05) is 60.7 Å². The van der Waals surface area contributed by atoms with Gasteiger partial charge in [0.25, 0.3) is 0 Å². The van der Waals surface area contributed by atoms with Gasteiger partial charge in [0, 0.05) is 16.6 Å². The average molecular weight is 425 g/mol. The van der Waals surface area contributed by atoms with Gasteiger partial charge in [0.15, 0.2) is 0 Å². The van der Waals surface area contributed by atoms with E-state index in [-0.39, 0.29) is 0 Å². The van der Waals surface area contributed by atoms with Gasteiger partial charge in [-0.25, -0.2) is 0 Å². The third-order valence-corrected chi connectivity index (χ3v) is 5.57. The molecule has 5 heteroatoms. The number of fused-ring (bicyclic) bond motifs is 1. The van der Waals surface area contributed by atoms with Crippen molar-refractivity contribution in [3.8, 4) is 22.8 Å². The second-order valence-electron chi connectivity index (χ2n) is 6.95. The van der Waals surface area contributed by atoms with Crippen LogP contribution in [0.15, 0.2) is 66.7 Å². The van der Waals surface area contributed by atoms with Crippen LogP contribution < -0.4 is 10.5 Å². The summed E-state index contributed by atoms with van der Waals surface area (Å²) in [6.45, 7) is 0.673. The van der Waals surface area contributed by atoms with Crippen molar-refractivity contribution in [3.63, 3.8) is 0 Å². The van der Waals surface area contributed by atoms with Crippen LogP contribution in [-0.4, -0.2) is 11.5 Å². The Kier molecular flexibility index (Phi) is 6.10. The van der Waals surface area contributed by atoms with Gasteiger partial charge in [-0.3, -0.25) is 0 Å². The molecule has 0 aliphatic heterocycles. The highest BCUT2D eigenvalue weighted by molar-refractivity contribution is 6.40. The zero-order chi connectivity index (χ0) is 20.2. The van der Waals surface area contributed by atoms with Crippen LogP contribution in [0.4, 0.5) is 0 Å². The van der Waals surface area contributed by atoms with E-state index in [0.717, 1.165) is 58.5 Å². The molecule has 0 atom stereocenters. The van der Waals surface area contributed by atoms with Gasteiger partial charge in [0.05, 0.1) is 15.6 Å². The number of benzene rings is 3. The van der Waals surface area contributed by atoms with E-state index in [2.05, 4.69) is 11.1 Å². The summed E-state index contributed by atoms with van der Waals surface area (Å²) in [5.41, 5.74) is 9.79. The van der Waals surface area contributed by atoms with Crippen molar-refractivity contribution in [2.75, 3.05) is 6.54 Å². The zero-order valence-corrected chi connectivity index (χ0v) is 17.4. The van der Waals surface area contributed by atoms with Gasteiger partial charge < -0.3 is 15.5 Å². The Balaban J connectivity index is 1.78. The molecule has 0 fully saturated rings. The van der Waals surface area contributed by atoms with Gasteiger partial charge in [-0.2, -0.15) is 0 Å². The lowest BCUT2D eigenvalue weighted by Gasteiger charge is -2.09. The van der Waals surface area contributed by atoms with Crippen LogP contribution in [0.3, 0.4) is 0 Å². The maximum atomic E-state index is 6.56. The number of unbranched alkanes of at least 4 members (excludes halogenated alkanes) is 1. The lowest BCUT2D eigenvalue weighted by Crippen LogP contribution is -1.99. The number of halogens is 2. The smallest absolute Gasteiger partial charge is 0.128 e. The molecule has 0 saturated heterocycles. The van der Waals surface area contributed by atoms with E-state index >= 15 is 0 Å². The first-order valence-electron chi connectivity index (χ1n) is 9.69. The third kappa shape index (κ3) is 4.27. The lowest BCUT2D eigenvalue weighted by atomic mass is 10.00. The number of H-pyrrole nitrogens is 1. The summed E-state index contributed by atoms with van der Waals surface area (Å²) < 4.78 is 6.02. The van der Waals surface area contributed by atoms with Crippen molar-refractivity contribution in [2.45, 2.75) is 19.3 Å². The van der Waals surface area contributed by atoms with Crippen molar-refractivity contribution in [3.05, 3.63) is 82.3 Å². The molecule has 3 nitrogen and oxygen atoms in total. The SMILES string of the molecule is NCCCCc1c(-c2cccc(Oc3ccccc3)c2)[nH]c2c(Cl)ccc(Cl)c12. The molecule has 148 valence electrons. The number of rotatable bonds is 7. The Morgan fingerprint density at radius 3 is 2.38 bits per heavy atom. The Labute approximate surface area is 180 Å². The summed E-state index contributed by atoms with van der Waals surface area (Å²) in [6.07, 6.45) is 2.82. The van der Waals surface area contributed by atoms with Crippen molar-refractivity contribution >= 4 is 34.1 Å². The Bertz CT molecular complexity index is 1120. The van der Waals surface area contributed by atoms with Crippen molar-refractivity contribution in [1.29, 1.82) is 0 Å². The molecular formula is C24H22Cl2N2O. The lowest BCUT2D eigenvalue weighted by molar-refractivity contribution is 0.483. The first-order chi connectivity index (χ1) is 14.2. The Morgan fingerprint density at radius 1 is 0.828 bits per heavy atom. The van der Waals surface area contributed by atoms with E-state index in [1.54, 1.807) is 0 Å². The number of hydrogen-bond donors (Lipinski definition) is 2. The van der Waals surface area contributed by atoms with Crippen LogP contribution in [0.2, 0.25) is 10.0 Å². The topological polar surface area (TPSA) is 51.0 Å². The van der Waals surface area contributed by atoms with Gasteiger partial charge in [0.2, 0.25) is 0 Å². The minimum Gasteiger partial charge on any atom is -0.457 e. The molecule has 29 heavy (non-hydrogen) atoms. The van der Waals surface area contributed by atoms with E-state index in [9.17, 15) is 0 Å². The minimum absolute atomic E-state index is 0.660. The van der Waals surface area contributed by atoms with Crippen LogP contribution in [-0.2, 0) is 6.42 Å². The molecule has 0 bridgehead atoms. The first-order valence-corrected chi connectivity index (χ1v) is 10.4. The number of aromatic amines is 1. The molecular weight excluding hydrogens is 403 g/mol. The second-order valence-corrected chi connectivity index (χ2v) is 7.76. The maximum absolute atomic E-state index is 6.56. The number of nitrogens with one attached hydrogen (secondary N) is 1. The number of hydrogen-bond acceptors (Lipinski definition) is 2. The number of ether oxygens (including phenoxy) is 1. The fourth-order valence-corrected chi connectivity index (χ4v) is 4.05. The van der Waals surface area contributed by atoms with Crippen molar-refractivity contribution in [2.24, 2.45) is 5.73 Å². The van der Waals surface area contributed by atoms with Crippen molar-refractivity contribution in [1.82, 2.24) is 4.98 Å². The summed E-state index contributed by atoms with van der Waals surface area (Å²) in [5, 5.41) is 2.35. The van der Waals surface area contributed by atoms with Crippen LogP contribution in [0.1, 0.15) is 18.4 Å². The number of aryl methyl sites for hydroxylation is 1. The molecule has 4 rings (SSSR count). The summed E-state index contributed by atoms with van der Waals surface area (Å²) >= 11 is 13.0. The molecule has 4 aromatic rings. The number of nitrogens with two attached hydrogens (primary N) is 1. The normalized spacial score (nSPS) is 11.1. The third-order valence-electron chi connectivity index (χ3n) is 4.94. The minimum atomic E-state index is 0.660.